The van der Waals surface area contributed by atoms with Gasteiger partial charge in [0.1, 0.15) is 0 Å². The fraction of sp³-hybridized carbons (Fsp3) is 0.667. The maximum Gasteiger partial charge on any atom is 0.0330 e. The first-order chi connectivity index (χ1) is 9.93. The van der Waals surface area contributed by atoms with Crippen molar-refractivity contribution in [3.8, 4) is 0 Å². The first-order valence-electron chi connectivity index (χ1n) is 8.06. The summed E-state index contributed by atoms with van der Waals surface area (Å²) in [5.41, 5.74) is 3.01. The lowest BCUT2D eigenvalue weighted by Gasteiger charge is -2.45. The zero-order valence-electron chi connectivity index (χ0n) is 13.9. The van der Waals surface area contributed by atoms with Crippen molar-refractivity contribution >= 4 is 15.9 Å². The third-order valence-electron chi connectivity index (χ3n) is 5.02. The van der Waals surface area contributed by atoms with Crippen molar-refractivity contribution in [3.05, 3.63) is 33.8 Å². The van der Waals surface area contributed by atoms with E-state index in [1.54, 1.807) is 0 Å². The monoisotopic (exact) mass is 352 g/mol. The Kier molecular flexibility index (Phi) is 5.87. The lowest BCUT2D eigenvalue weighted by Crippen LogP contribution is -2.54. The Balaban J connectivity index is 1.94. The van der Waals surface area contributed by atoms with Crippen LogP contribution in [0.15, 0.2) is 22.7 Å². The van der Waals surface area contributed by atoms with E-state index in [0.717, 1.165) is 19.0 Å². The molecule has 118 valence electrons. The Bertz CT molecular complexity index is 472. The van der Waals surface area contributed by atoms with Crippen LogP contribution in [-0.4, -0.2) is 31.1 Å². The van der Waals surface area contributed by atoms with Gasteiger partial charge in [0.25, 0.3) is 0 Å². The molecule has 2 atom stereocenters. The van der Waals surface area contributed by atoms with Gasteiger partial charge in [-0.25, -0.2) is 0 Å². The third kappa shape index (κ3) is 4.30. The molecule has 1 aromatic carbocycles. The van der Waals surface area contributed by atoms with E-state index in [-0.39, 0.29) is 0 Å². The number of benzene rings is 1. The average Bonchev–Trinajstić information content (AvgIpc) is 2.42. The molecule has 1 aliphatic carbocycles. The summed E-state index contributed by atoms with van der Waals surface area (Å²) in [7, 11) is 4.48. The van der Waals surface area contributed by atoms with Crippen LogP contribution in [0.1, 0.15) is 43.7 Å². The minimum absolute atomic E-state index is 0.335. The van der Waals surface area contributed by atoms with Crippen LogP contribution in [-0.2, 0) is 6.54 Å². The maximum atomic E-state index is 3.70. The Morgan fingerprint density at radius 2 is 2.14 bits per heavy atom. The molecule has 2 rings (SSSR count). The highest BCUT2D eigenvalue weighted by Crippen LogP contribution is 2.35. The summed E-state index contributed by atoms with van der Waals surface area (Å²) in [5, 5.41) is 3.70. The number of nitrogens with one attached hydrogen (secondary N) is 1. The van der Waals surface area contributed by atoms with Crippen LogP contribution < -0.4 is 5.32 Å². The maximum absolute atomic E-state index is 3.70. The Morgan fingerprint density at radius 3 is 2.76 bits per heavy atom. The van der Waals surface area contributed by atoms with E-state index < -0.39 is 0 Å². The smallest absolute Gasteiger partial charge is 0.0330 e. The number of halogens is 1. The first-order valence-corrected chi connectivity index (χ1v) is 8.85. The predicted molar refractivity (Wildman–Crippen MR) is 94.6 cm³/mol. The van der Waals surface area contributed by atoms with Gasteiger partial charge in [-0.05, 0) is 57.0 Å². The highest BCUT2D eigenvalue weighted by Gasteiger charge is 2.36. The standard InChI is InChI=1S/C18H29BrN2/c1-14-6-5-9-18(11-14,21(3)4)13-20-12-16-7-8-17(19)15(2)10-16/h7-8,10,14,20H,5-6,9,11-13H2,1-4H3. The molecule has 1 saturated carbocycles. The second-order valence-electron chi connectivity index (χ2n) is 7.01. The van der Waals surface area contributed by atoms with Gasteiger partial charge in [-0.2, -0.15) is 0 Å². The highest BCUT2D eigenvalue weighted by atomic mass is 79.9. The number of likely N-dealkylation sites (N-methyl/N-ethyl adjacent to an activating group) is 1. The second kappa shape index (κ2) is 7.26. The summed E-state index contributed by atoms with van der Waals surface area (Å²) < 4.78 is 1.19. The summed E-state index contributed by atoms with van der Waals surface area (Å²) in [4.78, 5) is 2.45. The van der Waals surface area contributed by atoms with Crippen molar-refractivity contribution in [1.29, 1.82) is 0 Å². The second-order valence-corrected chi connectivity index (χ2v) is 7.86. The van der Waals surface area contributed by atoms with Crippen molar-refractivity contribution < 1.29 is 0 Å². The van der Waals surface area contributed by atoms with E-state index in [4.69, 9.17) is 0 Å². The van der Waals surface area contributed by atoms with E-state index in [1.807, 2.05) is 0 Å². The summed E-state index contributed by atoms with van der Waals surface area (Å²) >= 11 is 3.57. The van der Waals surface area contributed by atoms with E-state index in [1.165, 1.54) is 41.3 Å². The molecule has 2 unspecified atom stereocenters. The molecule has 1 fully saturated rings. The van der Waals surface area contributed by atoms with Crippen LogP contribution in [0.25, 0.3) is 0 Å². The largest absolute Gasteiger partial charge is 0.311 e. The molecule has 3 heteroatoms. The molecular weight excluding hydrogens is 324 g/mol. The number of nitrogens with zero attached hydrogens (tertiary/aromatic N) is 1. The van der Waals surface area contributed by atoms with Crippen molar-refractivity contribution in [2.24, 2.45) is 5.92 Å². The number of hydrogen-bond donors (Lipinski definition) is 1. The fourth-order valence-electron chi connectivity index (χ4n) is 3.61. The molecule has 2 nitrogen and oxygen atoms in total. The summed E-state index contributed by atoms with van der Waals surface area (Å²) in [5.74, 6) is 0.845. The van der Waals surface area contributed by atoms with Gasteiger partial charge in [-0.15, -0.1) is 0 Å². The third-order valence-corrected chi connectivity index (χ3v) is 5.91. The van der Waals surface area contributed by atoms with Crippen LogP contribution in [0.2, 0.25) is 0 Å². The van der Waals surface area contributed by atoms with Crippen LogP contribution >= 0.6 is 15.9 Å². The van der Waals surface area contributed by atoms with E-state index >= 15 is 0 Å². The molecule has 0 aromatic heterocycles. The average molecular weight is 353 g/mol. The van der Waals surface area contributed by atoms with E-state index in [0.29, 0.717) is 5.54 Å². The number of rotatable bonds is 5. The quantitative estimate of drug-likeness (QED) is 0.846. The van der Waals surface area contributed by atoms with Crippen LogP contribution in [0.3, 0.4) is 0 Å². The summed E-state index contributed by atoms with van der Waals surface area (Å²) in [6, 6.07) is 6.62. The van der Waals surface area contributed by atoms with Crippen LogP contribution in [0.5, 0.6) is 0 Å². The van der Waals surface area contributed by atoms with Gasteiger partial charge >= 0.3 is 0 Å². The lowest BCUT2D eigenvalue weighted by molar-refractivity contribution is 0.0749. The normalized spacial score (nSPS) is 26.3. The minimum atomic E-state index is 0.335. The molecule has 1 N–H and O–H groups in total. The molecular formula is C18H29BrN2. The summed E-state index contributed by atoms with van der Waals surface area (Å²) in [6.45, 7) is 6.59. The van der Waals surface area contributed by atoms with Crippen molar-refractivity contribution in [2.45, 2.75) is 51.6 Å². The van der Waals surface area contributed by atoms with Gasteiger partial charge in [0.2, 0.25) is 0 Å². The van der Waals surface area contributed by atoms with Crippen molar-refractivity contribution in [3.63, 3.8) is 0 Å². The zero-order chi connectivity index (χ0) is 15.5. The van der Waals surface area contributed by atoms with Gasteiger partial charge in [0.05, 0.1) is 0 Å². The van der Waals surface area contributed by atoms with Gasteiger partial charge in [-0.3, -0.25) is 0 Å². The van der Waals surface area contributed by atoms with Crippen LogP contribution in [0, 0.1) is 12.8 Å². The zero-order valence-corrected chi connectivity index (χ0v) is 15.5. The molecule has 1 aromatic rings. The molecule has 0 saturated heterocycles. The topological polar surface area (TPSA) is 15.3 Å². The fourth-order valence-corrected chi connectivity index (χ4v) is 3.86. The first kappa shape index (κ1) is 17.0. The molecule has 0 amide bonds. The Hall–Kier alpha value is -0.380. The Labute approximate surface area is 138 Å². The van der Waals surface area contributed by atoms with Gasteiger partial charge in [0.15, 0.2) is 0 Å². The highest BCUT2D eigenvalue weighted by molar-refractivity contribution is 9.10. The number of hydrogen-bond acceptors (Lipinski definition) is 2. The molecule has 1 aliphatic rings. The molecule has 0 spiro atoms. The molecule has 0 heterocycles. The van der Waals surface area contributed by atoms with Crippen LogP contribution in [0.4, 0.5) is 0 Å². The SMILES string of the molecule is Cc1cc(CNCC2(N(C)C)CCCC(C)C2)ccc1Br. The minimum Gasteiger partial charge on any atom is -0.311 e. The van der Waals surface area contributed by atoms with Crippen molar-refractivity contribution in [2.75, 3.05) is 20.6 Å². The van der Waals surface area contributed by atoms with Gasteiger partial charge in [0, 0.05) is 23.1 Å². The molecule has 0 bridgehead atoms. The lowest BCUT2D eigenvalue weighted by atomic mass is 9.75. The molecule has 0 aliphatic heterocycles. The predicted octanol–water partition coefficient (Wildman–Crippen LogP) is 4.36. The Morgan fingerprint density at radius 1 is 1.38 bits per heavy atom. The van der Waals surface area contributed by atoms with Gasteiger partial charge < -0.3 is 10.2 Å². The summed E-state index contributed by atoms with van der Waals surface area (Å²) in [6.07, 6.45) is 5.38. The number of aryl methyl sites for hydroxylation is 1. The van der Waals surface area contributed by atoms with E-state index in [9.17, 15) is 0 Å². The molecule has 0 radical (unpaired) electrons. The molecule has 21 heavy (non-hydrogen) atoms. The van der Waals surface area contributed by atoms with Crippen molar-refractivity contribution in [1.82, 2.24) is 10.2 Å². The van der Waals surface area contributed by atoms with E-state index in [2.05, 4.69) is 72.3 Å². The van der Waals surface area contributed by atoms with Gasteiger partial charge in [-0.1, -0.05) is 47.8 Å².